The zero-order valence-corrected chi connectivity index (χ0v) is 13.7. The summed E-state index contributed by atoms with van der Waals surface area (Å²) in [6.07, 6.45) is 0.403. The summed E-state index contributed by atoms with van der Waals surface area (Å²) in [5.41, 5.74) is 0.171. The Balaban J connectivity index is 2.10. The number of hydrogen-bond donors (Lipinski definition) is 2. The number of nitro groups is 1. The molecule has 1 aromatic carbocycles. The highest BCUT2D eigenvalue weighted by Gasteiger charge is 2.31. The van der Waals surface area contributed by atoms with E-state index in [-0.39, 0.29) is 23.6 Å². The molecule has 2 rings (SSSR count). The SMILES string of the molecule is CC(C)C(NC(=O)O)C1CCN(c2ccc(F)cc2[N+](=O)[O-])CC1. The lowest BCUT2D eigenvalue weighted by molar-refractivity contribution is -0.384. The number of hydrogen-bond acceptors (Lipinski definition) is 4. The predicted molar refractivity (Wildman–Crippen MR) is 87.8 cm³/mol. The summed E-state index contributed by atoms with van der Waals surface area (Å²) in [6.45, 7) is 5.08. The highest BCUT2D eigenvalue weighted by molar-refractivity contribution is 5.65. The summed E-state index contributed by atoms with van der Waals surface area (Å²) in [4.78, 5) is 23.4. The molecule has 1 aliphatic rings. The van der Waals surface area contributed by atoms with E-state index >= 15 is 0 Å². The van der Waals surface area contributed by atoms with Crippen LogP contribution in [0.25, 0.3) is 0 Å². The summed E-state index contributed by atoms with van der Waals surface area (Å²) in [7, 11) is 0. The van der Waals surface area contributed by atoms with Gasteiger partial charge in [0.1, 0.15) is 11.5 Å². The molecule has 1 atom stereocenters. The first-order valence-electron chi connectivity index (χ1n) is 7.98. The van der Waals surface area contributed by atoms with E-state index in [1.54, 1.807) is 0 Å². The first kappa shape index (κ1) is 18.0. The zero-order chi connectivity index (χ0) is 17.9. The zero-order valence-electron chi connectivity index (χ0n) is 13.7. The Morgan fingerprint density at radius 3 is 2.54 bits per heavy atom. The fraction of sp³-hybridized carbons (Fsp3) is 0.562. The van der Waals surface area contributed by atoms with Gasteiger partial charge in [-0.2, -0.15) is 0 Å². The third-order valence-electron chi connectivity index (χ3n) is 4.53. The lowest BCUT2D eigenvalue weighted by atomic mass is 9.83. The minimum Gasteiger partial charge on any atom is -0.465 e. The van der Waals surface area contributed by atoms with Crippen molar-refractivity contribution in [2.75, 3.05) is 18.0 Å². The molecular weight excluding hydrogens is 317 g/mol. The van der Waals surface area contributed by atoms with Crippen LogP contribution in [0, 0.1) is 27.8 Å². The van der Waals surface area contributed by atoms with E-state index in [1.807, 2.05) is 18.7 Å². The quantitative estimate of drug-likeness (QED) is 0.634. The maximum absolute atomic E-state index is 13.3. The van der Waals surface area contributed by atoms with Crippen molar-refractivity contribution in [3.63, 3.8) is 0 Å². The lowest BCUT2D eigenvalue weighted by Gasteiger charge is -2.38. The van der Waals surface area contributed by atoms with Crippen LogP contribution in [-0.4, -0.2) is 35.3 Å². The van der Waals surface area contributed by atoms with Crippen molar-refractivity contribution in [3.05, 3.63) is 34.1 Å². The molecule has 2 N–H and O–H groups in total. The molecule has 24 heavy (non-hydrogen) atoms. The van der Waals surface area contributed by atoms with Crippen LogP contribution in [0.3, 0.4) is 0 Å². The van der Waals surface area contributed by atoms with E-state index < -0.39 is 16.8 Å². The molecule has 1 fully saturated rings. The Morgan fingerprint density at radius 1 is 1.42 bits per heavy atom. The van der Waals surface area contributed by atoms with Gasteiger partial charge in [-0.1, -0.05) is 13.8 Å². The molecule has 0 radical (unpaired) electrons. The molecule has 7 nitrogen and oxygen atoms in total. The molecule has 1 saturated heterocycles. The average Bonchev–Trinajstić information content (AvgIpc) is 2.52. The number of nitrogens with one attached hydrogen (secondary N) is 1. The molecule has 0 spiro atoms. The van der Waals surface area contributed by atoms with Crippen molar-refractivity contribution in [1.82, 2.24) is 5.32 Å². The molecule has 1 aromatic rings. The number of carboxylic acid groups (broad SMARTS) is 1. The number of benzene rings is 1. The number of piperidine rings is 1. The van der Waals surface area contributed by atoms with E-state index in [0.29, 0.717) is 18.8 Å². The Hall–Kier alpha value is -2.38. The van der Waals surface area contributed by atoms with Crippen LogP contribution in [0.1, 0.15) is 26.7 Å². The number of rotatable bonds is 5. The summed E-state index contributed by atoms with van der Waals surface area (Å²) < 4.78 is 13.3. The van der Waals surface area contributed by atoms with Crippen LogP contribution in [-0.2, 0) is 0 Å². The van der Waals surface area contributed by atoms with Crippen LogP contribution in [0.4, 0.5) is 20.6 Å². The van der Waals surface area contributed by atoms with E-state index in [9.17, 15) is 19.3 Å². The summed E-state index contributed by atoms with van der Waals surface area (Å²) >= 11 is 0. The Labute approximate surface area is 139 Å². The Kier molecular flexibility index (Phi) is 5.58. The normalized spacial score (nSPS) is 16.9. The number of carbonyl (C=O) groups is 1. The largest absolute Gasteiger partial charge is 0.465 e. The smallest absolute Gasteiger partial charge is 0.404 e. The molecule has 1 amide bonds. The van der Waals surface area contributed by atoms with Gasteiger partial charge >= 0.3 is 6.09 Å². The van der Waals surface area contributed by atoms with Crippen LogP contribution in [0.2, 0.25) is 0 Å². The van der Waals surface area contributed by atoms with Gasteiger partial charge in [0.2, 0.25) is 0 Å². The van der Waals surface area contributed by atoms with Gasteiger partial charge in [0.25, 0.3) is 5.69 Å². The maximum atomic E-state index is 13.3. The first-order valence-corrected chi connectivity index (χ1v) is 7.98. The maximum Gasteiger partial charge on any atom is 0.404 e. The molecule has 8 heteroatoms. The van der Waals surface area contributed by atoms with Crippen molar-refractivity contribution < 1.29 is 19.2 Å². The second kappa shape index (κ2) is 7.46. The third kappa shape index (κ3) is 4.12. The van der Waals surface area contributed by atoms with Gasteiger partial charge in [0, 0.05) is 19.1 Å². The third-order valence-corrected chi connectivity index (χ3v) is 4.53. The standard InChI is InChI=1S/C16H22FN3O4/c1-10(2)15(18-16(21)22)11-5-7-19(8-6-11)13-4-3-12(17)9-14(13)20(23)24/h3-4,9-11,15,18H,5-8H2,1-2H3,(H,21,22). The van der Waals surface area contributed by atoms with Crippen molar-refractivity contribution in [1.29, 1.82) is 0 Å². The van der Waals surface area contributed by atoms with Gasteiger partial charge in [-0.3, -0.25) is 10.1 Å². The van der Waals surface area contributed by atoms with Gasteiger partial charge in [0.15, 0.2) is 0 Å². The molecule has 0 aliphatic carbocycles. The van der Waals surface area contributed by atoms with Crippen LogP contribution < -0.4 is 10.2 Å². The second-order valence-electron chi connectivity index (χ2n) is 6.43. The molecule has 1 unspecified atom stereocenters. The Bertz CT molecular complexity index is 615. The molecule has 1 heterocycles. The molecule has 0 saturated carbocycles. The van der Waals surface area contributed by atoms with Gasteiger partial charge in [-0.15, -0.1) is 0 Å². The Morgan fingerprint density at radius 2 is 2.04 bits per heavy atom. The summed E-state index contributed by atoms with van der Waals surface area (Å²) in [5, 5.41) is 22.7. The second-order valence-corrected chi connectivity index (χ2v) is 6.43. The van der Waals surface area contributed by atoms with Crippen molar-refractivity contribution >= 4 is 17.5 Å². The average molecular weight is 339 g/mol. The monoisotopic (exact) mass is 339 g/mol. The van der Waals surface area contributed by atoms with E-state index in [0.717, 1.165) is 18.9 Å². The summed E-state index contributed by atoms with van der Waals surface area (Å²) in [6, 6.07) is 3.44. The van der Waals surface area contributed by atoms with Gasteiger partial charge in [-0.05, 0) is 36.8 Å². The fourth-order valence-corrected chi connectivity index (χ4v) is 3.38. The van der Waals surface area contributed by atoms with E-state index in [1.165, 1.54) is 12.1 Å². The minimum atomic E-state index is -1.04. The van der Waals surface area contributed by atoms with Crippen molar-refractivity contribution in [2.24, 2.45) is 11.8 Å². The van der Waals surface area contributed by atoms with Crippen molar-refractivity contribution in [3.8, 4) is 0 Å². The van der Waals surface area contributed by atoms with Gasteiger partial charge < -0.3 is 15.3 Å². The van der Waals surface area contributed by atoms with Gasteiger partial charge in [0.05, 0.1) is 11.0 Å². The minimum absolute atomic E-state index is 0.146. The van der Waals surface area contributed by atoms with E-state index in [2.05, 4.69) is 5.32 Å². The van der Waals surface area contributed by atoms with Crippen LogP contribution >= 0.6 is 0 Å². The molecule has 0 bridgehead atoms. The number of halogens is 1. The fourth-order valence-electron chi connectivity index (χ4n) is 3.38. The topological polar surface area (TPSA) is 95.7 Å². The highest BCUT2D eigenvalue weighted by atomic mass is 19.1. The highest BCUT2D eigenvalue weighted by Crippen LogP contribution is 2.33. The van der Waals surface area contributed by atoms with Crippen LogP contribution in [0.5, 0.6) is 0 Å². The number of anilines is 1. The van der Waals surface area contributed by atoms with E-state index in [4.69, 9.17) is 5.11 Å². The summed E-state index contributed by atoms with van der Waals surface area (Å²) in [5.74, 6) is -0.291. The molecule has 132 valence electrons. The lowest BCUT2D eigenvalue weighted by Crippen LogP contribution is -2.47. The first-order chi connectivity index (χ1) is 11.3. The molecule has 0 aromatic heterocycles. The molecule has 1 aliphatic heterocycles. The number of nitro benzene ring substituents is 1. The van der Waals surface area contributed by atoms with Crippen molar-refractivity contribution in [2.45, 2.75) is 32.7 Å². The predicted octanol–water partition coefficient (Wildman–Crippen LogP) is 3.24. The van der Waals surface area contributed by atoms with Crippen LogP contribution in [0.15, 0.2) is 18.2 Å². The van der Waals surface area contributed by atoms with Gasteiger partial charge in [-0.25, -0.2) is 9.18 Å². The number of nitrogens with zero attached hydrogens (tertiary/aromatic N) is 2. The number of amides is 1. The molecular formula is C16H22FN3O4.